The third kappa shape index (κ3) is 5.12. The number of pyridine rings is 1. The molecule has 1 unspecified atom stereocenters. The van der Waals surface area contributed by atoms with Crippen LogP contribution in [-0.2, 0) is 0 Å². The van der Waals surface area contributed by atoms with Crippen molar-refractivity contribution in [3.8, 4) is 5.88 Å². The predicted octanol–water partition coefficient (Wildman–Crippen LogP) is 4.33. The summed E-state index contributed by atoms with van der Waals surface area (Å²) >= 11 is 3.51. The molecule has 0 fully saturated rings. The Labute approximate surface area is 130 Å². The Balaban J connectivity index is 2.88. The highest BCUT2D eigenvalue weighted by molar-refractivity contribution is 9.10. The van der Waals surface area contributed by atoms with Gasteiger partial charge in [0, 0.05) is 13.6 Å². The third-order valence-electron chi connectivity index (χ3n) is 3.01. The van der Waals surface area contributed by atoms with Crippen LogP contribution >= 0.6 is 15.9 Å². The summed E-state index contributed by atoms with van der Waals surface area (Å²) in [6.07, 6.45) is 4.11. The molecule has 0 radical (unpaired) electrons. The molecule has 1 atom stereocenters. The molecule has 0 saturated heterocycles. The van der Waals surface area contributed by atoms with E-state index >= 15 is 0 Å². The Morgan fingerprint density at radius 2 is 2.20 bits per heavy atom. The molecule has 20 heavy (non-hydrogen) atoms. The van der Waals surface area contributed by atoms with Crippen LogP contribution in [0.1, 0.15) is 39.3 Å². The molecule has 4 nitrogen and oxygen atoms in total. The van der Waals surface area contributed by atoms with Gasteiger partial charge in [0.05, 0.1) is 28.3 Å². The molecule has 1 heterocycles. The van der Waals surface area contributed by atoms with Crippen LogP contribution in [0.25, 0.3) is 0 Å². The van der Waals surface area contributed by atoms with Crippen molar-refractivity contribution in [3.05, 3.63) is 16.2 Å². The average Bonchev–Trinajstić information content (AvgIpc) is 2.40. The van der Waals surface area contributed by atoms with E-state index in [1.165, 1.54) is 0 Å². The van der Waals surface area contributed by atoms with Gasteiger partial charge >= 0.3 is 0 Å². The van der Waals surface area contributed by atoms with Gasteiger partial charge < -0.3 is 9.64 Å². The number of aliphatic imine (C=N–C) groups is 1. The van der Waals surface area contributed by atoms with Crippen molar-refractivity contribution in [1.82, 2.24) is 9.88 Å². The summed E-state index contributed by atoms with van der Waals surface area (Å²) in [5.74, 6) is 0.645. The summed E-state index contributed by atoms with van der Waals surface area (Å²) in [7, 11) is 1.99. The van der Waals surface area contributed by atoms with Crippen LogP contribution in [0, 0.1) is 6.92 Å². The maximum absolute atomic E-state index is 5.85. The molecule has 0 N–H and O–H groups in total. The topological polar surface area (TPSA) is 37.7 Å². The molecule has 112 valence electrons. The van der Waals surface area contributed by atoms with Gasteiger partial charge in [-0.1, -0.05) is 13.3 Å². The van der Waals surface area contributed by atoms with E-state index in [9.17, 15) is 0 Å². The van der Waals surface area contributed by atoms with Crippen LogP contribution < -0.4 is 4.74 Å². The predicted molar refractivity (Wildman–Crippen MR) is 88.1 cm³/mol. The van der Waals surface area contributed by atoms with Gasteiger partial charge in [0.15, 0.2) is 0 Å². The van der Waals surface area contributed by atoms with Gasteiger partial charge in [-0.2, -0.15) is 0 Å². The minimum Gasteiger partial charge on any atom is -0.474 e. The van der Waals surface area contributed by atoms with Gasteiger partial charge in [-0.05, 0) is 49.2 Å². The van der Waals surface area contributed by atoms with Gasteiger partial charge in [0.25, 0.3) is 0 Å². The van der Waals surface area contributed by atoms with Crippen LogP contribution in [-0.4, -0.2) is 35.9 Å². The first kappa shape index (κ1) is 17.0. The van der Waals surface area contributed by atoms with Crippen molar-refractivity contribution >= 4 is 28.0 Å². The molecule has 5 heteroatoms. The Kier molecular flexibility index (Phi) is 6.99. The molecule has 0 saturated carbocycles. The normalized spacial score (nSPS) is 12.7. The quantitative estimate of drug-likeness (QED) is 0.547. The zero-order valence-electron chi connectivity index (χ0n) is 13.0. The lowest BCUT2D eigenvalue weighted by atomic mass is 10.2. The number of aryl methyl sites for hydroxylation is 1. The number of aromatic nitrogens is 1. The molecule has 0 aliphatic heterocycles. The molecule has 0 bridgehead atoms. The first-order valence-corrected chi connectivity index (χ1v) is 7.85. The number of rotatable bonds is 7. The second-order valence-corrected chi connectivity index (χ2v) is 5.77. The third-order valence-corrected chi connectivity index (χ3v) is 3.58. The highest BCUT2D eigenvalue weighted by Gasteiger charge is 2.11. The largest absolute Gasteiger partial charge is 0.474 e. The number of halogens is 1. The Bertz CT molecular complexity index is 463. The number of hydrogen-bond donors (Lipinski definition) is 0. The second-order valence-electron chi connectivity index (χ2n) is 4.91. The van der Waals surface area contributed by atoms with E-state index in [4.69, 9.17) is 4.74 Å². The van der Waals surface area contributed by atoms with Crippen LogP contribution in [0.4, 0.5) is 5.69 Å². The van der Waals surface area contributed by atoms with Crippen molar-refractivity contribution in [1.29, 1.82) is 0 Å². The lowest BCUT2D eigenvalue weighted by Gasteiger charge is -2.15. The first-order valence-electron chi connectivity index (χ1n) is 7.06. The van der Waals surface area contributed by atoms with Gasteiger partial charge in [0.1, 0.15) is 0 Å². The lowest BCUT2D eigenvalue weighted by Crippen LogP contribution is -2.14. The highest BCUT2D eigenvalue weighted by Crippen LogP contribution is 2.30. The molecule has 0 amide bonds. The fourth-order valence-corrected chi connectivity index (χ4v) is 2.06. The van der Waals surface area contributed by atoms with Crippen LogP contribution in [0.3, 0.4) is 0 Å². The summed E-state index contributed by atoms with van der Waals surface area (Å²) in [6.45, 7) is 9.17. The fourth-order valence-electron chi connectivity index (χ4n) is 1.66. The van der Waals surface area contributed by atoms with Gasteiger partial charge in [-0.25, -0.2) is 9.98 Å². The van der Waals surface area contributed by atoms with E-state index in [-0.39, 0.29) is 6.10 Å². The number of ether oxygens (including phenoxy) is 1. The molecule has 1 rings (SSSR count). The number of nitrogens with zero attached hydrogens (tertiary/aromatic N) is 3. The van der Waals surface area contributed by atoms with Crippen molar-refractivity contribution in [2.75, 3.05) is 13.6 Å². The molecular weight excluding hydrogens is 318 g/mol. The van der Waals surface area contributed by atoms with Crippen LogP contribution in [0.5, 0.6) is 5.88 Å². The summed E-state index contributed by atoms with van der Waals surface area (Å²) in [6, 6.07) is 1.95. The maximum Gasteiger partial charge on any atom is 0.228 e. The summed E-state index contributed by atoms with van der Waals surface area (Å²) in [5.41, 5.74) is 1.72. The van der Waals surface area contributed by atoms with Gasteiger partial charge in [-0.3, -0.25) is 0 Å². The first-order chi connectivity index (χ1) is 9.47. The maximum atomic E-state index is 5.85. The molecule has 0 aromatic carbocycles. The Hall–Kier alpha value is -1.10. The summed E-state index contributed by atoms with van der Waals surface area (Å²) in [5, 5.41) is 0. The smallest absolute Gasteiger partial charge is 0.228 e. The lowest BCUT2D eigenvalue weighted by molar-refractivity contribution is 0.200. The molecule has 0 aliphatic carbocycles. The van der Waals surface area contributed by atoms with E-state index in [2.05, 4.69) is 46.7 Å². The highest BCUT2D eigenvalue weighted by atomic mass is 79.9. The van der Waals surface area contributed by atoms with Crippen LogP contribution in [0.2, 0.25) is 0 Å². The molecule has 0 spiro atoms. The standard InChI is InChI=1S/C15H24BrN3O/c1-6-8-11(3)20-15-13(16)9-14(12(4)18-15)17-10-19(5)7-2/h9-11H,6-8H2,1-5H3. The van der Waals surface area contributed by atoms with Crippen LogP contribution in [0.15, 0.2) is 15.5 Å². The van der Waals surface area contributed by atoms with Crippen molar-refractivity contribution < 1.29 is 4.74 Å². The van der Waals surface area contributed by atoms with Crippen molar-refractivity contribution in [2.24, 2.45) is 4.99 Å². The Morgan fingerprint density at radius 1 is 1.50 bits per heavy atom. The van der Waals surface area contributed by atoms with Gasteiger partial charge in [0.2, 0.25) is 5.88 Å². The van der Waals surface area contributed by atoms with E-state index < -0.39 is 0 Å². The minimum absolute atomic E-state index is 0.170. The van der Waals surface area contributed by atoms with E-state index in [1.54, 1.807) is 0 Å². The molecule has 0 aliphatic rings. The van der Waals surface area contributed by atoms with E-state index in [0.717, 1.165) is 35.2 Å². The molecule has 1 aromatic rings. The van der Waals surface area contributed by atoms with Gasteiger partial charge in [-0.15, -0.1) is 0 Å². The summed E-state index contributed by atoms with van der Waals surface area (Å²) < 4.78 is 6.69. The fraction of sp³-hybridized carbons (Fsp3) is 0.600. The van der Waals surface area contributed by atoms with Crippen molar-refractivity contribution in [3.63, 3.8) is 0 Å². The van der Waals surface area contributed by atoms with E-state index in [1.807, 2.05) is 31.3 Å². The molecule has 1 aromatic heterocycles. The monoisotopic (exact) mass is 341 g/mol. The zero-order chi connectivity index (χ0) is 15.1. The second kappa shape index (κ2) is 8.25. The minimum atomic E-state index is 0.170. The zero-order valence-corrected chi connectivity index (χ0v) is 14.6. The summed E-state index contributed by atoms with van der Waals surface area (Å²) in [4.78, 5) is 11.0. The average molecular weight is 342 g/mol. The van der Waals surface area contributed by atoms with Crippen molar-refractivity contribution in [2.45, 2.75) is 46.6 Å². The number of hydrogen-bond acceptors (Lipinski definition) is 3. The SMILES string of the molecule is CCCC(C)Oc1nc(C)c(N=CN(C)CC)cc1Br. The Morgan fingerprint density at radius 3 is 2.80 bits per heavy atom. The van der Waals surface area contributed by atoms with E-state index in [0.29, 0.717) is 5.88 Å². The molecular formula is C15H24BrN3O.